The van der Waals surface area contributed by atoms with Crippen molar-refractivity contribution in [2.75, 3.05) is 25.1 Å². The van der Waals surface area contributed by atoms with Crippen molar-refractivity contribution in [3.63, 3.8) is 0 Å². The largest absolute Gasteiger partial charge is 0.449 e. The Morgan fingerprint density at radius 3 is 2.90 bits per heavy atom. The number of anilines is 1. The average molecular weight is 278 g/mol. The minimum Gasteiger partial charge on any atom is -0.449 e. The third kappa shape index (κ3) is 2.71. The molecule has 1 atom stereocenters. The molecule has 0 aliphatic carbocycles. The highest BCUT2D eigenvalue weighted by atomic mass is 16.7. The van der Waals surface area contributed by atoms with Crippen LogP contribution in [0.4, 0.5) is 5.69 Å². The van der Waals surface area contributed by atoms with Crippen molar-refractivity contribution in [1.82, 2.24) is 5.32 Å². The Hall–Kier alpha value is -1.79. The van der Waals surface area contributed by atoms with Crippen LogP contribution in [-0.4, -0.2) is 37.5 Å². The molecule has 1 amide bonds. The van der Waals surface area contributed by atoms with Crippen LogP contribution in [0.1, 0.15) is 13.8 Å². The maximum atomic E-state index is 12.1. The van der Waals surface area contributed by atoms with Crippen LogP contribution in [0, 0.1) is 0 Å². The Kier molecular flexibility index (Phi) is 3.27. The van der Waals surface area contributed by atoms with Gasteiger partial charge in [0.15, 0.2) is 11.5 Å². The van der Waals surface area contributed by atoms with Gasteiger partial charge in [-0.1, -0.05) is 0 Å². The van der Waals surface area contributed by atoms with Gasteiger partial charge in [-0.05, 0) is 12.1 Å². The Balaban J connectivity index is 1.68. The second kappa shape index (κ2) is 4.96. The van der Waals surface area contributed by atoms with E-state index in [2.05, 4.69) is 10.6 Å². The number of nitrogens with one attached hydrogen (secondary N) is 2. The summed E-state index contributed by atoms with van der Waals surface area (Å²) in [5, 5.41) is 5.96. The standard InChI is InChI=1S/C14H18N2O4/c1-14(2)19-11-4-3-9(7-12(11)20-14)16-13(17)10-8-18-6-5-15-10/h3-4,7,10,15H,5-6,8H2,1-2H3,(H,16,17). The van der Waals surface area contributed by atoms with E-state index < -0.39 is 5.79 Å². The van der Waals surface area contributed by atoms with Crippen LogP contribution in [0.15, 0.2) is 18.2 Å². The lowest BCUT2D eigenvalue weighted by Gasteiger charge is -2.22. The second-order valence-electron chi connectivity index (χ2n) is 5.34. The number of benzene rings is 1. The van der Waals surface area contributed by atoms with Crippen molar-refractivity contribution in [2.45, 2.75) is 25.7 Å². The molecule has 0 bridgehead atoms. The van der Waals surface area contributed by atoms with Crippen molar-refractivity contribution < 1.29 is 19.0 Å². The topological polar surface area (TPSA) is 68.8 Å². The number of hydrogen-bond donors (Lipinski definition) is 2. The van der Waals surface area contributed by atoms with Gasteiger partial charge in [0.1, 0.15) is 6.04 Å². The molecule has 2 heterocycles. The Labute approximate surface area is 117 Å². The first kappa shape index (κ1) is 13.2. The first-order valence-electron chi connectivity index (χ1n) is 6.68. The molecule has 2 N–H and O–H groups in total. The van der Waals surface area contributed by atoms with E-state index in [1.807, 2.05) is 13.8 Å². The van der Waals surface area contributed by atoms with Crippen LogP contribution in [-0.2, 0) is 9.53 Å². The molecule has 2 aliphatic heterocycles. The predicted octanol–water partition coefficient (Wildman–Crippen LogP) is 1.12. The minimum atomic E-state index is -0.663. The molecule has 1 unspecified atom stereocenters. The van der Waals surface area contributed by atoms with Gasteiger partial charge >= 0.3 is 0 Å². The van der Waals surface area contributed by atoms with E-state index in [9.17, 15) is 4.79 Å². The quantitative estimate of drug-likeness (QED) is 0.848. The van der Waals surface area contributed by atoms with Crippen LogP contribution in [0.5, 0.6) is 11.5 Å². The molecule has 6 heteroatoms. The summed E-state index contributed by atoms with van der Waals surface area (Å²) >= 11 is 0. The van der Waals surface area contributed by atoms with Crippen molar-refractivity contribution in [3.05, 3.63) is 18.2 Å². The Morgan fingerprint density at radius 2 is 2.15 bits per heavy atom. The van der Waals surface area contributed by atoms with Crippen molar-refractivity contribution >= 4 is 11.6 Å². The number of carbonyl (C=O) groups excluding carboxylic acids is 1. The average Bonchev–Trinajstić information content (AvgIpc) is 2.73. The minimum absolute atomic E-state index is 0.108. The third-order valence-corrected chi connectivity index (χ3v) is 3.16. The van der Waals surface area contributed by atoms with E-state index in [0.29, 0.717) is 36.9 Å². The third-order valence-electron chi connectivity index (χ3n) is 3.16. The van der Waals surface area contributed by atoms with Crippen molar-refractivity contribution in [2.24, 2.45) is 0 Å². The van der Waals surface area contributed by atoms with E-state index in [4.69, 9.17) is 14.2 Å². The number of fused-ring (bicyclic) bond motifs is 1. The lowest BCUT2D eigenvalue weighted by Crippen LogP contribution is -2.48. The molecule has 108 valence electrons. The van der Waals surface area contributed by atoms with Crippen LogP contribution in [0.3, 0.4) is 0 Å². The molecule has 0 saturated carbocycles. The van der Waals surface area contributed by atoms with Crippen LogP contribution in [0.25, 0.3) is 0 Å². The fourth-order valence-electron chi connectivity index (χ4n) is 2.26. The van der Waals surface area contributed by atoms with E-state index in [0.717, 1.165) is 0 Å². The first-order valence-corrected chi connectivity index (χ1v) is 6.68. The van der Waals surface area contributed by atoms with Gasteiger partial charge < -0.3 is 24.8 Å². The fraction of sp³-hybridized carbons (Fsp3) is 0.500. The fourth-order valence-corrected chi connectivity index (χ4v) is 2.26. The lowest BCUT2D eigenvalue weighted by atomic mass is 10.2. The summed E-state index contributed by atoms with van der Waals surface area (Å²) in [6.07, 6.45) is 0. The number of rotatable bonds is 2. The summed E-state index contributed by atoms with van der Waals surface area (Å²) in [6, 6.07) is 5.05. The predicted molar refractivity (Wildman–Crippen MR) is 73.0 cm³/mol. The molecule has 1 aromatic carbocycles. The monoisotopic (exact) mass is 278 g/mol. The molecular formula is C14H18N2O4. The number of ether oxygens (including phenoxy) is 3. The molecule has 6 nitrogen and oxygen atoms in total. The zero-order valence-corrected chi connectivity index (χ0v) is 11.6. The Morgan fingerprint density at radius 1 is 1.35 bits per heavy atom. The molecule has 3 rings (SSSR count). The molecule has 1 saturated heterocycles. The number of morpholine rings is 1. The van der Waals surface area contributed by atoms with Gasteiger partial charge in [0.2, 0.25) is 11.7 Å². The molecular weight excluding hydrogens is 260 g/mol. The van der Waals surface area contributed by atoms with Crippen molar-refractivity contribution in [3.8, 4) is 11.5 Å². The van der Waals surface area contributed by atoms with Gasteiger partial charge in [-0.15, -0.1) is 0 Å². The van der Waals surface area contributed by atoms with Gasteiger partial charge in [-0.25, -0.2) is 0 Å². The maximum Gasteiger partial charge on any atom is 0.246 e. The summed E-state index contributed by atoms with van der Waals surface area (Å²) < 4.78 is 16.5. The normalized spacial score (nSPS) is 23.4. The zero-order chi connectivity index (χ0) is 14.2. The van der Waals surface area contributed by atoms with Crippen molar-refractivity contribution in [1.29, 1.82) is 0 Å². The number of amides is 1. The van der Waals surface area contributed by atoms with Gasteiger partial charge in [0.25, 0.3) is 0 Å². The highest BCUT2D eigenvalue weighted by Gasteiger charge is 2.32. The number of hydrogen-bond acceptors (Lipinski definition) is 5. The lowest BCUT2D eigenvalue weighted by molar-refractivity contribution is -0.120. The molecule has 0 radical (unpaired) electrons. The van der Waals surface area contributed by atoms with E-state index >= 15 is 0 Å². The van der Waals surface area contributed by atoms with Crippen LogP contribution in [0.2, 0.25) is 0 Å². The molecule has 20 heavy (non-hydrogen) atoms. The van der Waals surface area contributed by atoms with Crippen LogP contribution < -0.4 is 20.1 Å². The van der Waals surface area contributed by atoms with Crippen LogP contribution >= 0.6 is 0 Å². The summed E-state index contributed by atoms with van der Waals surface area (Å²) in [5.41, 5.74) is 0.683. The van der Waals surface area contributed by atoms with Gasteiger partial charge in [-0.3, -0.25) is 4.79 Å². The summed E-state index contributed by atoms with van der Waals surface area (Å²) in [7, 11) is 0. The van der Waals surface area contributed by atoms with E-state index in [-0.39, 0.29) is 11.9 Å². The smallest absolute Gasteiger partial charge is 0.246 e. The molecule has 1 fully saturated rings. The Bertz CT molecular complexity index is 524. The SMILES string of the molecule is CC1(C)Oc2ccc(NC(=O)C3COCCN3)cc2O1. The van der Waals surface area contributed by atoms with Gasteiger partial charge in [0, 0.05) is 32.1 Å². The highest BCUT2D eigenvalue weighted by Crippen LogP contribution is 2.40. The first-order chi connectivity index (χ1) is 9.53. The maximum absolute atomic E-state index is 12.1. The zero-order valence-electron chi connectivity index (χ0n) is 11.6. The van der Waals surface area contributed by atoms with Gasteiger partial charge in [0.05, 0.1) is 13.2 Å². The summed E-state index contributed by atoms with van der Waals surface area (Å²) in [6.45, 7) is 5.41. The molecule has 1 aromatic rings. The van der Waals surface area contributed by atoms with Gasteiger partial charge in [-0.2, -0.15) is 0 Å². The second-order valence-corrected chi connectivity index (χ2v) is 5.34. The number of carbonyl (C=O) groups is 1. The van der Waals surface area contributed by atoms with E-state index in [1.54, 1.807) is 18.2 Å². The summed E-state index contributed by atoms with van der Waals surface area (Å²) in [4.78, 5) is 12.1. The summed E-state index contributed by atoms with van der Waals surface area (Å²) in [5.74, 6) is 0.555. The van der Waals surface area contributed by atoms with E-state index in [1.165, 1.54) is 0 Å². The molecule has 0 aromatic heterocycles. The molecule has 2 aliphatic rings. The highest BCUT2D eigenvalue weighted by molar-refractivity contribution is 5.95. The molecule has 0 spiro atoms.